The van der Waals surface area contributed by atoms with E-state index in [9.17, 15) is 8.78 Å². The number of hydrogen-bond donors (Lipinski definition) is 2. The van der Waals surface area contributed by atoms with E-state index < -0.39 is 6.61 Å². The van der Waals surface area contributed by atoms with Crippen LogP contribution in [0.1, 0.15) is 11.1 Å². The summed E-state index contributed by atoms with van der Waals surface area (Å²) in [6.07, 6.45) is 1.69. The van der Waals surface area contributed by atoms with Gasteiger partial charge in [-0.1, -0.05) is 18.2 Å². The van der Waals surface area contributed by atoms with Gasteiger partial charge in [0.05, 0.1) is 6.61 Å². The first-order valence-electron chi connectivity index (χ1n) is 7.09. The zero-order valence-electron chi connectivity index (χ0n) is 12.4. The maximum absolute atomic E-state index is 12.4. The first-order valence-corrected chi connectivity index (χ1v) is 8.24. The molecule has 2 aromatic rings. The third-order valence-corrected chi connectivity index (χ3v) is 3.99. The van der Waals surface area contributed by atoms with Crippen molar-refractivity contribution in [1.82, 2.24) is 4.98 Å². The van der Waals surface area contributed by atoms with Crippen molar-refractivity contribution in [2.45, 2.75) is 18.9 Å². The van der Waals surface area contributed by atoms with Gasteiger partial charge in [0.2, 0.25) is 0 Å². The maximum atomic E-state index is 12.4. The van der Waals surface area contributed by atoms with Crippen LogP contribution in [0, 0.1) is 0 Å². The van der Waals surface area contributed by atoms with Crippen molar-refractivity contribution in [3.05, 3.63) is 53.7 Å². The molecule has 4 nitrogen and oxygen atoms in total. The zero-order chi connectivity index (χ0) is 16.5. The number of benzene rings is 1. The topological polar surface area (TPSA) is 54.4 Å². The molecule has 0 atom stereocenters. The number of alkyl halides is 2. The summed E-state index contributed by atoms with van der Waals surface area (Å²) in [7, 11) is 0. The van der Waals surface area contributed by atoms with E-state index in [2.05, 4.69) is 15.0 Å². The number of rotatable bonds is 9. The summed E-state index contributed by atoms with van der Waals surface area (Å²) in [5.41, 5.74) is 1.72. The highest BCUT2D eigenvalue weighted by Gasteiger charge is 2.09. The summed E-state index contributed by atoms with van der Waals surface area (Å²) in [4.78, 5) is 4.21. The minimum absolute atomic E-state index is 0.155. The van der Waals surface area contributed by atoms with Crippen molar-refractivity contribution in [1.29, 1.82) is 0 Å². The number of hydrogen-bond acceptors (Lipinski definition) is 5. The van der Waals surface area contributed by atoms with Crippen LogP contribution in [0.25, 0.3) is 0 Å². The highest BCUT2D eigenvalue weighted by Crippen LogP contribution is 2.21. The lowest BCUT2D eigenvalue weighted by Gasteiger charge is -2.12. The molecule has 0 spiro atoms. The molecule has 1 heterocycles. The molecule has 0 bridgehead atoms. The third kappa shape index (κ3) is 6.03. The van der Waals surface area contributed by atoms with Crippen LogP contribution in [-0.4, -0.2) is 29.1 Å². The first-order chi connectivity index (χ1) is 11.2. The average molecular weight is 340 g/mol. The Labute approximate surface area is 137 Å². The number of thioether (sulfide) groups is 1. The molecule has 0 aliphatic heterocycles. The molecule has 1 aromatic carbocycles. The van der Waals surface area contributed by atoms with Crippen LogP contribution in [0.3, 0.4) is 0 Å². The number of aliphatic hydroxyl groups is 1. The molecule has 0 aliphatic rings. The van der Waals surface area contributed by atoms with Crippen molar-refractivity contribution < 1.29 is 18.6 Å². The van der Waals surface area contributed by atoms with Crippen molar-refractivity contribution in [2.24, 2.45) is 0 Å². The largest absolute Gasteiger partial charge is 0.434 e. The fraction of sp³-hybridized carbons (Fsp3) is 0.312. The molecule has 7 heteroatoms. The summed E-state index contributed by atoms with van der Waals surface area (Å²) in [6.45, 7) is -2.36. The second kappa shape index (κ2) is 9.32. The second-order valence-electron chi connectivity index (χ2n) is 4.67. The van der Waals surface area contributed by atoms with E-state index in [0.717, 1.165) is 11.3 Å². The number of ether oxygens (including phenoxy) is 1. The van der Waals surface area contributed by atoms with E-state index in [1.54, 1.807) is 36.2 Å². The number of nitrogens with zero attached hydrogens (tertiary/aromatic N) is 1. The molecule has 0 radical (unpaired) electrons. The van der Waals surface area contributed by atoms with Crippen LogP contribution in [0.5, 0.6) is 5.75 Å². The Hall–Kier alpha value is -1.86. The highest BCUT2D eigenvalue weighted by molar-refractivity contribution is 7.98. The van der Waals surface area contributed by atoms with Crippen molar-refractivity contribution in [3.8, 4) is 5.75 Å². The zero-order valence-corrected chi connectivity index (χ0v) is 13.2. The molecule has 124 valence electrons. The van der Waals surface area contributed by atoms with Gasteiger partial charge < -0.3 is 15.2 Å². The van der Waals surface area contributed by atoms with Gasteiger partial charge in [-0.2, -0.15) is 20.5 Å². The van der Waals surface area contributed by atoms with Crippen LogP contribution in [0.15, 0.2) is 42.6 Å². The van der Waals surface area contributed by atoms with E-state index in [1.807, 2.05) is 12.1 Å². The minimum atomic E-state index is -2.85. The standard InChI is InChI=1S/C16H18F2N2O2S/c17-16(18)22-14-4-2-1-3-13(14)10-20-15-9-12(5-6-19-15)11-23-8-7-21/h1-6,9,16,21H,7-8,10-11H2,(H,19,20). The first kappa shape index (κ1) is 17.5. The molecule has 0 aliphatic carbocycles. The van der Waals surface area contributed by atoms with Gasteiger partial charge >= 0.3 is 6.61 Å². The Morgan fingerprint density at radius 1 is 1.26 bits per heavy atom. The lowest BCUT2D eigenvalue weighted by molar-refractivity contribution is -0.0504. The Balaban J connectivity index is 1.97. The molecule has 1 aromatic heterocycles. The molecular weight excluding hydrogens is 322 g/mol. The Morgan fingerprint density at radius 3 is 2.87 bits per heavy atom. The van der Waals surface area contributed by atoms with E-state index in [4.69, 9.17) is 5.11 Å². The van der Waals surface area contributed by atoms with E-state index in [0.29, 0.717) is 23.7 Å². The summed E-state index contributed by atoms with van der Waals surface area (Å²) >= 11 is 1.63. The molecule has 0 saturated heterocycles. The number of nitrogens with one attached hydrogen (secondary N) is 1. The fourth-order valence-corrected chi connectivity index (χ4v) is 2.65. The quantitative estimate of drug-likeness (QED) is 0.684. The minimum Gasteiger partial charge on any atom is -0.434 e. The Morgan fingerprint density at radius 2 is 2.09 bits per heavy atom. The number of para-hydroxylation sites is 1. The van der Waals surface area contributed by atoms with Gasteiger partial charge in [-0.15, -0.1) is 0 Å². The smallest absolute Gasteiger partial charge is 0.387 e. The van der Waals surface area contributed by atoms with Crippen molar-refractivity contribution >= 4 is 17.6 Å². The molecule has 23 heavy (non-hydrogen) atoms. The lowest BCUT2D eigenvalue weighted by Crippen LogP contribution is -2.07. The van der Waals surface area contributed by atoms with Gasteiger partial charge in [-0.25, -0.2) is 4.98 Å². The lowest BCUT2D eigenvalue weighted by atomic mass is 10.2. The van der Waals surface area contributed by atoms with Gasteiger partial charge in [-0.3, -0.25) is 0 Å². The molecule has 0 saturated carbocycles. The number of pyridine rings is 1. The Bertz CT molecular complexity index is 614. The van der Waals surface area contributed by atoms with Crippen molar-refractivity contribution in [2.75, 3.05) is 17.7 Å². The molecule has 0 unspecified atom stereocenters. The van der Waals surface area contributed by atoms with Crippen molar-refractivity contribution in [3.63, 3.8) is 0 Å². The molecular formula is C16H18F2N2O2S. The summed E-state index contributed by atoms with van der Waals surface area (Å²) in [5, 5.41) is 11.9. The third-order valence-electron chi connectivity index (χ3n) is 2.98. The van der Waals surface area contributed by atoms with E-state index in [1.165, 1.54) is 6.07 Å². The van der Waals surface area contributed by atoms with Gasteiger partial charge in [-0.05, 0) is 23.8 Å². The summed E-state index contributed by atoms with van der Waals surface area (Å²) in [5.74, 6) is 2.29. The number of aromatic nitrogens is 1. The van der Waals surface area contributed by atoms with E-state index in [-0.39, 0.29) is 12.4 Å². The molecule has 0 fully saturated rings. The SMILES string of the molecule is OCCSCc1ccnc(NCc2ccccc2OC(F)F)c1. The predicted molar refractivity (Wildman–Crippen MR) is 87.9 cm³/mol. The Kier molecular flexibility index (Phi) is 7.09. The normalized spacial score (nSPS) is 10.8. The monoisotopic (exact) mass is 340 g/mol. The summed E-state index contributed by atoms with van der Waals surface area (Å²) < 4.78 is 29.3. The van der Waals surface area contributed by atoms with Gasteiger partial charge in [0.1, 0.15) is 11.6 Å². The van der Waals surface area contributed by atoms with Crippen LogP contribution >= 0.6 is 11.8 Å². The fourth-order valence-electron chi connectivity index (χ4n) is 1.96. The van der Waals surface area contributed by atoms with Gasteiger partial charge in [0.25, 0.3) is 0 Å². The average Bonchev–Trinajstić information content (AvgIpc) is 2.54. The van der Waals surface area contributed by atoms with Crippen LogP contribution in [0.4, 0.5) is 14.6 Å². The van der Waals surface area contributed by atoms with Gasteiger partial charge in [0, 0.05) is 29.8 Å². The number of halogens is 2. The number of aliphatic hydroxyl groups excluding tert-OH is 1. The van der Waals surface area contributed by atoms with Crippen LogP contribution < -0.4 is 10.1 Å². The van der Waals surface area contributed by atoms with Crippen LogP contribution in [-0.2, 0) is 12.3 Å². The van der Waals surface area contributed by atoms with E-state index >= 15 is 0 Å². The molecule has 2 N–H and O–H groups in total. The maximum Gasteiger partial charge on any atom is 0.387 e. The predicted octanol–water partition coefficient (Wildman–Crippen LogP) is 3.52. The van der Waals surface area contributed by atoms with Crippen LogP contribution in [0.2, 0.25) is 0 Å². The second-order valence-corrected chi connectivity index (χ2v) is 5.77. The molecule has 0 amide bonds. The highest BCUT2D eigenvalue weighted by atomic mass is 32.2. The van der Waals surface area contributed by atoms with Gasteiger partial charge in [0.15, 0.2) is 0 Å². The summed E-state index contributed by atoms with van der Waals surface area (Å²) in [6, 6.07) is 10.5. The molecule has 2 rings (SSSR count). The number of anilines is 1.